The van der Waals surface area contributed by atoms with Gasteiger partial charge in [0.15, 0.2) is 0 Å². The molecule has 2 aliphatic carbocycles. The minimum atomic E-state index is -0.131. The van der Waals surface area contributed by atoms with Crippen molar-refractivity contribution in [3.8, 4) is 0 Å². The van der Waals surface area contributed by atoms with Crippen molar-refractivity contribution < 1.29 is 4.79 Å². The number of fused-ring (bicyclic) bond motifs is 1. The first kappa shape index (κ1) is 14.8. The van der Waals surface area contributed by atoms with Crippen LogP contribution in [0.25, 0.3) is 0 Å². The summed E-state index contributed by atoms with van der Waals surface area (Å²) in [6.45, 7) is 6.06. The number of ketones is 1. The first-order chi connectivity index (χ1) is 10.1. The number of hydrogen-bond donors (Lipinski definition) is 0. The predicted molar refractivity (Wildman–Crippen MR) is 89.0 cm³/mol. The quantitative estimate of drug-likeness (QED) is 0.585. The molecular weight excluding hydrogens is 323 g/mol. The fourth-order valence-corrected chi connectivity index (χ4v) is 7.65. The zero-order valence-electron chi connectivity index (χ0n) is 12.6. The molecule has 0 N–H and O–H groups in total. The standard InChI is InChI=1S/C19H22OSe/c1-3-4-11-18-12-8-13-19(18,17(20)14-15(18)2)21-16-9-6-5-7-10-16/h3,5-7,9-10,14H,1,4,8,11-13H2,2H3/t18-,19-/m1/s1. The Hall–Kier alpha value is -1.11. The van der Waals surface area contributed by atoms with Crippen LogP contribution in [0.1, 0.15) is 39.0 Å². The van der Waals surface area contributed by atoms with Crippen molar-refractivity contribution in [1.29, 1.82) is 0 Å². The van der Waals surface area contributed by atoms with E-state index < -0.39 is 0 Å². The van der Waals surface area contributed by atoms with Gasteiger partial charge in [-0.15, -0.1) is 0 Å². The summed E-state index contributed by atoms with van der Waals surface area (Å²) in [5, 5.41) is 0. The van der Waals surface area contributed by atoms with Crippen LogP contribution in [0.5, 0.6) is 0 Å². The average molecular weight is 345 g/mol. The Morgan fingerprint density at radius 2 is 2.05 bits per heavy atom. The van der Waals surface area contributed by atoms with Crippen molar-refractivity contribution in [1.82, 2.24) is 0 Å². The first-order valence-corrected chi connectivity index (χ1v) is 9.44. The fraction of sp³-hybridized carbons (Fsp3) is 0.421. The molecule has 0 unspecified atom stereocenters. The monoisotopic (exact) mass is 346 g/mol. The van der Waals surface area contributed by atoms with Crippen molar-refractivity contribution in [3.63, 3.8) is 0 Å². The van der Waals surface area contributed by atoms with Crippen molar-refractivity contribution in [3.05, 3.63) is 54.6 Å². The predicted octanol–water partition coefficient (Wildman–Crippen LogP) is 3.84. The normalized spacial score (nSPS) is 31.1. The summed E-state index contributed by atoms with van der Waals surface area (Å²) in [4.78, 5) is 12.9. The molecule has 0 bridgehead atoms. The zero-order valence-corrected chi connectivity index (χ0v) is 14.3. The van der Waals surface area contributed by atoms with Crippen LogP contribution in [0.4, 0.5) is 0 Å². The summed E-state index contributed by atoms with van der Waals surface area (Å²) < 4.78 is 1.22. The van der Waals surface area contributed by atoms with Gasteiger partial charge in [-0.1, -0.05) is 0 Å². The zero-order chi connectivity index (χ0) is 14.9. The van der Waals surface area contributed by atoms with Crippen molar-refractivity contribution in [2.45, 2.75) is 43.3 Å². The molecule has 1 nitrogen and oxygen atoms in total. The summed E-state index contributed by atoms with van der Waals surface area (Å²) in [7, 11) is 0. The van der Waals surface area contributed by atoms with Crippen molar-refractivity contribution in [2.75, 3.05) is 0 Å². The first-order valence-electron chi connectivity index (χ1n) is 7.73. The van der Waals surface area contributed by atoms with Gasteiger partial charge in [-0.05, 0) is 0 Å². The second kappa shape index (κ2) is 5.59. The van der Waals surface area contributed by atoms with Crippen LogP contribution in [-0.4, -0.2) is 20.7 Å². The molecule has 1 saturated carbocycles. The Bertz CT molecular complexity index is 589. The van der Waals surface area contributed by atoms with Gasteiger partial charge in [0.05, 0.1) is 0 Å². The van der Waals surface area contributed by atoms with E-state index in [-0.39, 0.29) is 24.7 Å². The molecule has 21 heavy (non-hydrogen) atoms. The third-order valence-corrected chi connectivity index (χ3v) is 8.68. The van der Waals surface area contributed by atoms with Crippen molar-refractivity contribution >= 4 is 25.2 Å². The molecule has 0 aromatic heterocycles. The molecule has 1 aromatic rings. The van der Waals surface area contributed by atoms with Crippen LogP contribution in [0, 0.1) is 5.41 Å². The molecule has 3 rings (SSSR count). The third kappa shape index (κ3) is 2.16. The van der Waals surface area contributed by atoms with Crippen LogP contribution in [-0.2, 0) is 4.79 Å². The van der Waals surface area contributed by atoms with Gasteiger partial charge in [-0.2, -0.15) is 0 Å². The number of carbonyl (C=O) groups is 1. The molecule has 2 aliphatic rings. The van der Waals surface area contributed by atoms with Crippen LogP contribution in [0.15, 0.2) is 54.6 Å². The molecule has 2 atom stereocenters. The van der Waals surface area contributed by atoms with Crippen molar-refractivity contribution in [2.24, 2.45) is 5.41 Å². The van der Waals surface area contributed by atoms with E-state index in [9.17, 15) is 4.79 Å². The summed E-state index contributed by atoms with van der Waals surface area (Å²) in [5.41, 5.74) is 1.43. The summed E-state index contributed by atoms with van der Waals surface area (Å²) >= 11 is 0.206. The molecule has 0 radical (unpaired) electrons. The molecular formula is C19H22OSe. The van der Waals surface area contributed by atoms with E-state index in [1.165, 1.54) is 22.9 Å². The average Bonchev–Trinajstić information content (AvgIpc) is 2.94. The summed E-state index contributed by atoms with van der Waals surface area (Å²) in [5.74, 6) is 0.394. The number of rotatable bonds is 5. The topological polar surface area (TPSA) is 17.1 Å². The van der Waals surface area contributed by atoms with Crippen LogP contribution < -0.4 is 4.46 Å². The number of carbonyl (C=O) groups excluding carboxylic acids is 1. The second-order valence-corrected chi connectivity index (χ2v) is 9.08. The Labute approximate surface area is 133 Å². The van der Waals surface area contributed by atoms with Gasteiger partial charge in [0.1, 0.15) is 0 Å². The molecule has 0 aliphatic heterocycles. The maximum absolute atomic E-state index is 12.9. The number of hydrogen-bond acceptors (Lipinski definition) is 1. The van der Waals surface area contributed by atoms with Gasteiger partial charge in [-0.25, -0.2) is 0 Å². The SMILES string of the molecule is C=CCC[C@]12CCC[C@@]1([Se]c1ccccc1)C(=O)C=C2C. The van der Waals surface area contributed by atoms with E-state index in [1.807, 2.05) is 12.2 Å². The minimum absolute atomic E-state index is 0.105. The van der Waals surface area contributed by atoms with Gasteiger partial charge in [0.2, 0.25) is 0 Å². The van der Waals surface area contributed by atoms with E-state index in [2.05, 4.69) is 43.8 Å². The van der Waals surface area contributed by atoms with Gasteiger partial charge < -0.3 is 0 Å². The molecule has 0 amide bonds. The molecule has 0 spiro atoms. The van der Waals surface area contributed by atoms with E-state index in [0.717, 1.165) is 19.3 Å². The Balaban J connectivity index is 2.00. The summed E-state index contributed by atoms with van der Waals surface area (Å²) in [6, 6.07) is 10.6. The number of allylic oxidation sites excluding steroid dienone is 3. The maximum atomic E-state index is 12.9. The van der Waals surface area contributed by atoms with E-state index in [1.54, 1.807) is 0 Å². The molecule has 0 heterocycles. The Morgan fingerprint density at radius 1 is 1.29 bits per heavy atom. The van der Waals surface area contributed by atoms with Gasteiger partial charge in [0, 0.05) is 0 Å². The molecule has 110 valence electrons. The third-order valence-electron chi connectivity index (χ3n) is 5.22. The number of benzene rings is 1. The molecule has 1 aromatic carbocycles. The summed E-state index contributed by atoms with van der Waals surface area (Å²) in [6.07, 6.45) is 9.46. The van der Waals surface area contributed by atoms with Gasteiger partial charge in [-0.3, -0.25) is 0 Å². The van der Waals surface area contributed by atoms with Gasteiger partial charge in [0.25, 0.3) is 0 Å². The second-order valence-electron chi connectivity index (χ2n) is 6.20. The van der Waals surface area contributed by atoms with Crippen LogP contribution in [0.3, 0.4) is 0 Å². The van der Waals surface area contributed by atoms with Crippen LogP contribution in [0.2, 0.25) is 4.31 Å². The van der Waals surface area contributed by atoms with Gasteiger partial charge >= 0.3 is 133 Å². The van der Waals surface area contributed by atoms with E-state index >= 15 is 0 Å². The fourth-order valence-electron chi connectivity index (χ4n) is 4.17. The van der Waals surface area contributed by atoms with E-state index in [0.29, 0.717) is 5.78 Å². The Kier molecular flexibility index (Phi) is 3.94. The Morgan fingerprint density at radius 3 is 2.76 bits per heavy atom. The molecule has 1 fully saturated rings. The van der Waals surface area contributed by atoms with E-state index in [4.69, 9.17) is 0 Å². The molecule has 2 heteroatoms. The molecule has 0 saturated heterocycles. The van der Waals surface area contributed by atoms with Crippen LogP contribution >= 0.6 is 0 Å².